The van der Waals surface area contributed by atoms with Crippen molar-refractivity contribution in [2.45, 2.75) is 32.1 Å². The lowest BCUT2D eigenvalue weighted by atomic mass is 10.0. The molecule has 0 unspecified atom stereocenters. The molecule has 2 aliphatic rings. The molecule has 0 aliphatic carbocycles. The third-order valence-electron chi connectivity index (χ3n) is 3.76. The van der Waals surface area contributed by atoms with Crippen molar-refractivity contribution < 1.29 is 9.53 Å². The van der Waals surface area contributed by atoms with E-state index in [0.29, 0.717) is 12.5 Å². The Balaban J connectivity index is 1.58. The first-order chi connectivity index (χ1) is 8.36. The molecule has 2 saturated heterocycles. The Kier molecular flexibility index (Phi) is 5.26. The van der Waals surface area contributed by atoms with E-state index in [4.69, 9.17) is 4.74 Å². The monoisotopic (exact) mass is 240 g/mol. The molecule has 98 valence electrons. The predicted octanol–water partition coefficient (Wildman–Crippen LogP) is 1.02. The number of nitrogens with zero attached hydrogens (tertiary/aromatic N) is 1. The topological polar surface area (TPSA) is 41.6 Å². The summed E-state index contributed by atoms with van der Waals surface area (Å²) < 4.78 is 5.32. The molecule has 0 aromatic carbocycles. The number of carbonyl (C=O) groups excluding carboxylic acids is 1. The highest BCUT2D eigenvalue weighted by Crippen LogP contribution is 2.13. The zero-order valence-corrected chi connectivity index (χ0v) is 10.6. The maximum absolute atomic E-state index is 11.9. The van der Waals surface area contributed by atoms with Gasteiger partial charge in [0.25, 0.3) is 0 Å². The van der Waals surface area contributed by atoms with E-state index in [9.17, 15) is 4.79 Å². The van der Waals surface area contributed by atoms with Crippen molar-refractivity contribution in [3.8, 4) is 0 Å². The minimum Gasteiger partial charge on any atom is -0.381 e. The molecule has 2 fully saturated rings. The van der Waals surface area contributed by atoms with Crippen molar-refractivity contribution >= 4 is 5.91 Å². The minimum absolute atomic E-state index is 0.275. The molecule has 2 heterocycles. The van der Waals surface area contributed by atoms with Gasteiger partial charge in [0.1, 0.15) is 0 Å². The van der Waals surface area contributed by atoms with E-state index in [1.807, 2.05) is 4.90 Å². The van der Waals surface area contributed by atoms with Crippen molar-refractivity contribution in [3.05, 3.63) is 0 Å². The van der Waals surface area contributed by atoms with E-state index in [1.54, 1.807) is 0 Å². The molecule has 0 bridgehead atoms. The Morgan fingerprint density at radius 1 is 1.18 bits per heavy atom. The number of nitrogens with one attached hydrogen (secondary N) is 1. The molecule has 0 saturated carbocycles. The lowest BCUT2D eigenvalue weighted by molar-refractivity contribution is -0.131. The number of carbonyl (C=O) groups is 1. The lowest BCUT2D eigenvalue weighted by Crippen LogP contribution is -2.42. The highest BCUT2D eigenvalue weighted by Gasteiger charge is 2.17. The predicted molar refractivity (Wildman–Crippen MR) is 66.8 cm³/mol. The molecule has 2 aliphatic heterocycles. The summed E-state index contributed by atoms with van der Waals surface area (Å²) in [6.45, 7) is 5.15. The van der Waals surface area contributed by atoms with Gasteiger partial charge in [0.15, 0.2) is 0 Å². The van der Waals surface area contributed by atoms with Crippen LogP contribution in [0.1, 0.15) is 32.1 Å². The summed E-state index contributed by atoms with van der Waals surface area (Å²) in [5.74, 6) is 0.967. The van der Waals surface area contributed by atoms with E-state index in [2.05, 4.69) is 5.32 Å². The van der Waals surface area contributed by atoms with Gasteiger partial charge < -0.3 is 15.0 Å². The average Bonchev–Trinajstić information content (AvgIpc) is 2.41. The van der Waals surface area contributed by atoms with Gasteiger partial charge in [0, 0.05) is 26.3 Å². The van der Waals surface area contributed by atoms with Crippen LogP contribution in [0.3, 0.4) is 0 Å². The van der Waals surface area contributed by atoms with Gasteiger partial charge in [-0.1, -0.05) is 0 Å². The molecular weight excluding hydrogens is 216 g/mol. The van der Waals surface area contributed by atoms with E-state index in [-0.39, 0.29) is 5.91 Å². The van der Waals surface area contributed by atoms with Crippen LogP contribution in [0.2, 0.25) is 0 Å². The summed E-state index contributed by atoms with van der Waals surface area (Å²) >= 11 is 0. The third kappa shape index (κ3) is 4.28. The second kappa shape index (κ2) is 6.97. The SMILES string of the molecule is O=C(CNCC1CCOCC1)N1CCCCC1. The number of piperidine rings is 1. The normalized spacial score (nSPS) is 22.7. The fourth-order valence-corrected chi connectivity index (χ4v) is 2.59. The van der Waals surface area contributed by atoms with Crippen LogP contribution in [0.4, 0.5) is 0 Å². The van der Waals surface area contributed by atoms with Gasteiger partial charge in [0.05, 0.1) is 6.54 Å². The average molecular weight is 240 g/mol. The summed E-state index contributed by atoms with van der Waals surface area (Å²) in [5.41, 5.74) is 0. The molecule has 17 heavy (non-hydrogen) atoms. The summed E-state index contributed by atoms with van der Waals surface area (Å²) in [4.78, 5) is 13.9. The Labute approximate surface area is 104 Å². The third-order valence-corrected chi connectivity index (χ3v) is 3.76. The quantitative estimate of drug-likeness (QED) is 0.797. The van der Waals surface area contributed by atoms with Crippen LogP contribution < -0.4 is 5.32 Å². The summed E-state index contributed by atoms with van der Waals surface area (Å²) in [5, 5.41) is 3.31. The Bertz CT molecular complexity index is 234. The molecule has 0 spiro atoms. The van der Waals surface area contributed by atoms with Crippen molar-refractivity contribution in [2.24, 2.45) is 5.92 Å². The fourth-order valence-electron chi connectivity index (χ4n) is 2.59. The lowest BCUT2D eigenvalue weighted by Gasteiger charge is -2.27. The van der Waals surface area contributed by atoms with Gasteiger partial charge in [-0.3, -0.25) is 4.79 Å². The second-order valence-corrected chi connectivity index (χ2v) is 5.13. The van der Waals surface area contributed by atoms with E-state index >= 15 is 0 Å². The van der Waals surface area contributed by atoms with Crippen molar-refractivity contribution in [3.63, 3.8) is 0 Å². The van der Waals surface area contributed by atoms with Crippen LogP contribution in [0.5, 0.6) is 0 Å². The van der Waals surface area contributed by atoms with Crippen LogP contribution >= 0.6 is 0 Å². The standard InChI is InChI=1S/C13H24N2O2/c16-13(15-6-2-1-3-7-15)11-14-10-12-4-8-17-9-5-12/h12,14H,1-11H2. The van der Waals surface area contributed by atoms with E-state index in [1.165, 1.54) is 19.3 Å². The molecule has 0 atom stereocenters. The first kappa shape index (κ1) is 12.8. The number of amides is 1. The van der Waals surface area contributed by atoms with Gasteiger partial charge in [-0.25, -0.2) is 0 Å². The summed E-state index contributed by atoms with van der Waals surface area (Å²) in [7, 11) is 0. The summed E-state index contributed by atoms with van der Waals surface area (Å²) in [6, 6.07) is 0. The van der Waals surface area contributed by atoms with Gasteiger partial charge in [-0.2, -0.15) is 0 Å². The molecule has 1 amide bonds. The van der Waals surface area contributed by atoms with Crippen molar-refractivity contribution in [1.29, 1.82) is 0 Å². The number of ether oxygens (including phenoxy) is 1. The molecular formula is C13H24N2O2. The number of likely N-dealkylation sites (tertiary alicyclic amines) is 1. The van der Waals surface area contributed by atoms with Crippen molar-refractivity contribution in [2.75, 3.05) is 39.4 Å². The number of hydrogen-bond acceptors (Lipinski definition) is 3. The maximum atomic E-state index is 11.9. The van der Waals surface area contributed by atoms with E-state index in [0.717, 1.165) is 45.7 Å². The van der Waals surface area contributed by atoms with E-state index < -0.39 is 0 Å². The Morgan fingerprint density at radius 3 is 2.59 bits per heavy atom. The zero-order chi connectivity index (χ0) is 11.9. The van der Waals surface area contributed by atoms with Gasteiger partial charge in [-0.15, -0.1) is 0 Å². The highest BCUT2D eigenvalue weighted by atomic mass is 16.5. The fraction of sp³-hybridized carbons (Fsp3) is 0.923. The van der Waals surface area contributed by atoms with Crippen LogP contribution in [0.15, 0.2) is 0 Å². The molecule has 0 aromatic rings. The maximum Gasteiger partial charge on any atom is 0.236 e. The molecule has 4 heteroatoms. The minimum atomic E-state index is 0.275. The summed E-state index contributed by atoms with van der Waals surface area (Å²) in [6.07, 6.45) is 5.88. The van der Waals surface area contributed by atoms with Gasteiger partial charge >= 0.3 is 0 Å². The highest BCUT2D eigenvalue weighted by molar-refractivity contribution is 5.78. The number of hydrogen-bond donors (Lipinski definition) is 1. The van der Waals surface area contributed by atoms with Gasteiger partial charge in [0.2, 0.25) is 5.91 Å². The Hall–Kier alpha value is -0.610. The van der Waals surface area contributed by atoms with Crippen LogP contribution in [0, 0.1) is 5.92 Å². The van der Waals surface area contributed by atoms with Crippen LogP contribution in [-0.4, -0.2) is 50.2 Å². The zero-order valence-electron chi connectivity index (χ0n) is 10.6. The second-order valence-electron chi connectivity index (χ2n) is 5.13. The molecule has 2 rings (SSSR count). The first-order valence-electron chi connectivity index (χ1n) is 6.92. The molecule has 4 nitrogen and oxygen atoms in total. The Morgan fingerprint density at radius 2 is 1.88 bits per heavy atom. The molecule has 0 radical (unpaired) electrons. The largest absolute Gasteiger partial charge is 0.381 e. The van der Waals surface area contributed by atoms with Crippen LogP contribution in [0.25, 0.3) is 0 Å². The number of rotatable bonds is 4. The smallest absolute Gasteiger partial charge is 0.236 e. The molecule has 0 aromatic heterocycles. The van der Waals surface area contributed by atoms with Gasteiger partial charge in [-0.05, 0) is 44.6 Å². The van der Waals surface area contributed by atoms with Crippen molar-refractivity contribution in [1.82, 2.24) is 10.2 Å². The first-order valence-corrected chi connectivity index (χ1v) is 6.92. The molecule has 1 N–H and O–H groups in total. The van der Waals surface area contributed by atoms with Crippen LogP contribution in [-0.2, 0) is 9.53 Å².